The van der Waals surface area contributed by atoms with Gasteiger partial charge in [0, 0.05) is 36.3 Å². The molecular formula is C27H27N3O3. The van der Waals surface area contributed by atoms with E-state index in [1.54, 1.807) is 48.5 Å². The average Bonchev–Trinajstić information content (AvgIpc) is 3.40. The molecule has 1 saturated heterocycles. The summed E-state index contributed by atoms with van der Waals surface area (Å²) in [5.41, 5.74) is 2.61. The molecule has 3 aromatic carbocycles. The molecule has 4 rings (SSSR count). The van der Waals surface area contributed by atoms with Gasteiger partial charge >= 0.3 is 0 Å². The van der Waals surface area contributed by atoms with Gasteiger partial charge in [0.2, 0.25) is 5.91 Å². The largest absolute Gasteiger partial charge is 0.340 e. The predicted octanol–water partition coefficient (Wildman–Crippen LogP) is 3.90. The van der Waals surface area contributed by atoms with Crippen LogP contribution in [0, 0.1) is 0 Å². The highest BCUT2D eigenvalue weighted by Crippen LogP contribution is 2.16. The molecule has 0 aliphatic carbocycles. The van der Waals surface area contributed by atoms with Gasteiger partial charge in [0.15, 0.2) is 0 Å². The molecule has 1 fully saturated rings. The molecule has 1 unspecified atom stereocenters. The lowest BCUT2D eigenvalue weighted by Crippen LogP contribution is -2.45. The van der Waals surface area contributed by atoms with Gasteiger partial charge in [-0.1, -0.05) is 48.5 Å². The van der Waals surface area contributed by atoms with Crippen molar-refractivity contribution in [1.82, 2.24) is 10.2 Å². The van der Waals surface area contributed by atoms with Gasteiger partial charge in [-0.25, -0.2) is 0 Å². The molecular weight excluding hydrogens is 414 g/mol. The van der Waals surface area contributed by atoms with E-state index in [4.69, 9.17) is 0 Å². The summed E-state index contributed by atoms with van der Waals surface area (Å²) in [6.07, 6.45) is 2.44. The van der Waals surface area contributed by atoms with E-state index in [1.165, 1.54) is 0 Å². The van der Waals surface area contributed by atoms with Gasteiger partial charge in [0.05, 0.1) is 0 Å². The minimum absolute atomic E-state index is 0.0162. The van der Waals surface area contributed by atoms with Crippen molar-refractivity contribution in [3.63, 3.8) is 0 Å². The van der Waals surface area contributed by atoms with Gasteiger partial charge in [-0.3, -0.25) is 14.4 Å². The summed E-state index contributed by atoms with van der Waals surface area (Å²) in [6, 6.07) is 24.5. The lowest BCUT2D eigenvalue weighted by Gasteiger charge is -2.19. The Labute approximate surface area is 193 Å². The number of hydrogen-bond acceptors (Lipinski definition) is 3. The molecule has 2 N–H and O–H groups in total. The van der Waals surface area contributed by atoms with E-state index in [-0.39, 0.29) is 17.7 Å². The van der Waals surface area contributed by atoms with Crippen molar-refractivity contribution in [2.75, 3.05) is 18.4 Å². The Morgan fingerprint density at radius 2 is 1.36 bits per heavy atom. The van der Waals surface area contributed by atoms with Crippen LogP contribution in [-0.2, 0) is 11.2 Å². The number of nitrogens with zero attached hydrogens (tertiary/aromatic N) is 1. The van der Waals surface area contributed by atoms with Crippen molar-refractivity contribution >= 4 is 23.4 Å². The molecule has 1 atom stereocenters. The Kier molecular flexibility index (Phi) is 7.15. The first kappa shape index (κ1) is 22.3. The molecule has 1 aliphatic rings. The topological polar surface area (TPSA) is 78.5 Å². The highest BCUT2D eigenvalue weighted by atomic mass is 16.2. The minimum atomic E-state index is -0.758. The fourth-order valence-corrected chi connectivity index (χ4v) is 3.92. The van der Waals surface area contributed by atoms with Crippen molar-refractivity contribution in [1.29, 1.82) is 0 Å². The lowest BCUT2D eigenvalue weighted by molar-refractivity contribution is -0.118. The molecule has 1 heterocycles. The molecule has 0 saturated carbocycles. The quantitative estimate of drug-likeness (QED) is 0.584. The standard InChI is InChI=1S/C27H27N3O3/c31-25(21-11-5-2-6-12-21)29-24(19-20-9-3-1-4-10-20)26(32)28-23-15-13-22(14-16-23)27(33)30-17-7-8-18-30/h1-6,9-16,24H,7-8,17-19H2,(H,28,32)(H,29,31). The van der Waals surface area contributed by atoms with E-state index in [0.29, 0.717) is 23.2 Å². The van der Waals surface area contributed by atoms with Crippen LogP contribution in [0.5, 0.6) is 0 Å². The third-order valence-electron chi connectivity index (χ3n) is 5.73. The maximum Gasteiger partial charge on any atom is 0.253 e. The summed E-state index contributed by atoms with van der Waals surface area (Å²) < 4.78 is 0. The molecule has 0 aromatic heterocycles. The molecule has 168 valence electrons. The van der Waals surface area contributed by atoms with Gasteiger partial charge < -0.3 is 15.5 Å². The molecule has 0 spiro atoms. The molecule has 0 radical (unpaired) electrons. The Morgan fingerprint density at radius 3 is 2.00 bits per heavy atom. The van der Waals surface area contributed by atoms with Crippen LogP contribution in [0.4, 0.5) is 5.69 Å². The van der Waals surface area contributed by atoms with Crippen molar-refractivity contribution in [3.05, 3.63) is 102 Å². The van der Waals surface area contributed by atoms with Crippen molar-refractivity contribution in [2.45, 2.75) is 25.3 Å². The number of hydrogen-bond donors (Lipinski definition) is 2. The van der Waals surface area contributed by atoms with E-state index in [0.717, 1.165) is 31.5 Å². The van der Waals surface area contributed by atoms with E-state index in [9.17, 15) is 14.4 Å². The Balaban J connectivity index is 1.46. The number of likely N-dealkylation sites (tertiary alicyclic amines) is 1. The zero-order valence-corrected chi connectivity index (χ0v) is 18.4. The molecule has 3 amide bonds. The van der Waals surface area contributed by atoms with Crippen LogP contribution >= 0.6 is 0 Å². The number of carbonyl (C=O) groups is 3. The first-order chi connectivity index (χ1) is 16.1. The summed E-state index contributed by atoms with van der Waals surface area (Å²) in [5.74, 6) is -0.609. The summed E-state index contributed by atoms with van der Waals surface area (Å²) in [4.78, 5) is 40.2. The first-order valence-corrected chi connectivity index (χ1v) is 11.2. The summed E-state index contributed by atoms with van der Waals surface area (Å²) in [6.45, 7) is 1.58. The maximum atomic E-state index is 13.1. The second kappa shape index (κ2) is 10.6. The number of carbonyl (C=O) groups excluding carboxylic acids is 3. The first-order valence-electron chi connectivity index (χ1n) is 11.2. The summed E-state index contributed by atoms with van der Waals surface area (Å²) in [5, 5.41) is 5.73. The summed E-state index contributed by atoms with van der Waals surface area (Å²) >= 11 is 0. The number of amides is 3. The van der Waals surface area contributed by atoms with E-state index < -0.39 is 6.04 Å². The van der Waals surface area contributed by atoms with Crippen molar-refractivity contribution in [3.8, 4) is 0 Å². The lowest BCUT2D eigenvalue weighted by atomic mass is 10.0. The predicted molar refractivity (Wildman–Crippen MR) is 128 cm³/mol. The fraction of sp³-hybridized carbons (Fsp3) is 0.222. The van der Waals surface area contributed by atoms with Crippen LogP contribution in [0.2, 0.25) is 0 Å². The van der Waals surface area contributed by atoms with Crippen molar-refractivity contribution < 1.29 is 14.4 Å². The number of anilines is 1. The Bertz CT molecular complexity index is 1090. The van der Waals surface area contributed by atoms with E-state index in [2.05, 4.69) is 10.6 Å². The van der Waals surface area contributed by atoms with E-state index >= 15 is 0 Å². The third kappa shape index (κ3) is 5.86. The Morgan fingerprint density at radius 1 is 0.758 bits per heavy atom. The molecule has 33 heavy (non-hydrogen) atoms. The molecule has 3 aromatic rings. The summed E-state index contributed by atoms with van der Waals surface area (Å²) in [7, 11) is 0. The van der Waals surface area contributed by atoms with Gasteiger partial charge in [-0.05, 0) is 54.8 Å². The SMILES string of the molecule is O=C(NC(Cc1ccccc1)C(=O)Nc1ccc(C(=O)N2CCCC2)cc1)c1ccccc1. The second-order valence-corrected chi connectivity index (χ2v) is 8.15. The maximum absolute atomic E-state index is 13.1. The monoisotopic (exact) mass is 441 g/mol. The van der Waals surface area contributed by atoms with E-state index in [1.807, 2.05) is 41.3 Å². The average molecular weight is 442 g/mol. The van der Waals surface area contributed by atoms with Gasteiger partial charge in [0.1, 0.15) is 6.04 Å². The smallest absolute Gasteiger partial charge is 0.253 e. The number of rotatable bonds is 7. The highest BCUT2D eigenvalue weighted by Gasteiger charge is 2.23. The zero-order valence-electron chi connectivity index (χ0n) is 18.4. The van der Waals surface area contributed by atoms with Crippen LogP contribution < -0.4 is 10.6 Å². The number of benzene rings is 3. The fourth-order valence-electron chi connectivity index (χ4n) is 3.92. The second-order valence-electron chi connectivity index (χ2n) is 8.15. The number of nitrogens with one attached hydrogen (secondary N) is 2. The van der Waals surface area contributed by atoms with Gasteiger partial charge in [-0.15, -0.1) is 0 Å². The minimum Gasteiger partial charge on any atom is -0.340 e. The highest BCUT2D eigenvalue weighted by molar-refractivity contribution is 6.01. The Hall–Kier alpha value is -3.93. The van der Waals surface area contributed by atoms with Gasteiger partial charge in [0.25, 0.3) is 11.8 Å². The van der Waals surface area contributed by atoms with Crippen LogP contribution in [0.3, 0.4) is 0 Å². The van der Waals surface area contributed by atoms with Crippen LogP contribution in [0.25, 0.3) is 0 Å². The molecule has 6 heteroatoms. The van der Waals surface area contributed by atoms with Crippen LogP contribution in [0.1, 0.15) is 39.1 Å². The molecule has 6 nitrogen and oxygen atoms in total. The third-order valence-corrected chi connectivity index (χ3v) is 5.73. The zero-order chi connectivity index (χ0) is 23.0. The van der Waals surface area contributed by atoms with Gasteiger partial charge in [-0.2, -0.15) is 0 Å². The molecule has 0 bridgehead atoms. The van der Waals surface area contributed by atoms with Crippen LogP contribution in [0.15, 0.2) is 84.9 Å². The normalized spacial score (nSPS) is 13.9. The van der Waals surface area contributed by atoms with Crippen molar-refractivity contribution in [2.24, 2.45) is 0 Å². The molecule has 1 aliphatic heterocycles. The van der Waals surface area contributed by atoms with Crippen LogP contribution in [-0.4, -0.2) is 41.8 Å².